The largest absolute Gasteiger partial charge is 0.334 e. The van der Waals surface area contributed by atoms with Crippen molar-refractivity contribution in [2.45, 2.75) is 59.2 Å². The summed E-state index contributed by atoms with van der Waals surface area (Å²) in [6.07, 6.45) is 0.611. The molecule has 1 aliphatic carbocycles. The van der Waals surface area contributed by atoms with E-state index in [4.69, 9.17) is 11.6 Å². The molecule has 0 spiro atoms. The number of benzene rings is 2. The molecule has 1 heterocycles. The highest BCUT2D eigenvalue weighted by molar-refractivity contribution is 6.32. The van der Waals surface area contributed by atoms with Crippen LogP contribution >= 0.6 is 11.6 Å². The zero-order valence-electron chi connectivity index (χ0n) is 18.9. The first-order valence-electron chi connectivity index (χ1n) is 10.9. The number of carbonyl (C=O) groups is 4. The van der Waals surface area contributed by atoms with Gasteiger partial charge in [0.05, 0.1) is 12.5 Å². The van der Waals surface area contributed by atoms with Crippen LogP contribution in [-0.4, -0.2) is 34.4 Å². The third-order valence-corrected chi connectivity index (χ3v) is 6.97. The lowest BCUT2D eigenvalue weighted by Gasteiger charge is -2.29. The number of halogens is 1. The zero-order valence-corrected chi connectivity index (χ0v) is 19.6. The maximum atomic E-state index is 13.0. The first kappa shape index (κ1) is 23.0. The minimum Gasteiger partial charge on any atom is -0.334 e. The lowest BCUT2D eigenvalue weighted by atomic mass is 9.92. The van der Waals surface area contributed by atoms with Crippen molar-refractivity contribution in [1.82, 2.24) is 10.2 Å². The molecular formula is C25H26ClN3O4. The van der Waals surface area contributed by atoms with Gasteiger partial charge in [-0.3, -0.25) is 14.4 Å². The molecule has 1 fully saturated rings. The topological polar surface area (TPSA) is 95.6 Å². The van der Waals surface area contributed by atoms with Gasteiger partial charge in [-0.05, 0) is 61.1 Å². The molecule has 1 atom stereocenters. The molecule has 2 aromatic rings. The van der Waals surface area contributed by atoms with E-state index in [0.717, 1.165) is 27.8 Å². The summed E-state index contributed by atoms with van der Waals surface area (Å²) in [7, 11) is 0. The molecule has 3 amide bonds. The Morgan fingerprint density at radius 3 is 2.61 bits per heavy atom. The normalized spacial score (nSPS) is 17.9. The molecule has 7 nitrogen and oxygen atoms in total. The number of nitrogens with zero attached hydrogens (tertiary/aromatic N) is 1. The number of anilines is 1. The summed E-state index contributed by atoms with van der Waals surface area (Å²) in [5.41, 5.74) is 5.53. The van der Waals surface area contributed by atoms with Crippen molar-refractivity contribution >= 4 is 40.8 Å². The number of nitrogens with one attached hydrogen (secondary N) is 2. The average Bonchev–Trinajstić information content (AvgIpc) is 3.09. The number of carbonyl (C=O) groups excluding carboxylic acids is 4. The summed E-state index contributed by atoms with van der Waals surface area (Å²) >= 11 is 6.32. The van der Waals surface area contributed by atoms with Gasteiger partial charge in [0.25, 0.3) is 5.91 Å². The SMILES string of the molecule is Cc1cc(C)c(NC(=O)NCc2ccc3c(c2)C(=O)N(C2CCC(=O)CC2=O)C3)c(C)c1Cl. The van der Waals surface area contributed by atoms with Crippen LogP contribution in [0.1, 0.15) is 57.4 Å². The highest BCUT2D eigenvalue weighted by Crippen LogP contribution is 2.31. The smallest absolute Gasteiger partial charge is 0.319 e. The second-order valence-electron chi connectivity index (χ2n) is 8.79. The Balaban J connectivity index is 1.41. The van der Waals surface area contributed by atoms with Crippen LogP contribution in [0.2, 0.25) is 5.02 Å². The van der Waals surface area contributed by atoms with E-state index in [0.29, 0.717) is 35.7 Å². The maximum absolute atomic E-state index is 13.0. The monoisotopic (exact) mass is 467 g/mol. The van der Waals surface area contributed by atoms with E-state index in [-0.39, 0.29) is 36.5 Å². The summed E-state index contributed by atoms with van der Waals surface area (Å²) in [5, 5.41) is 6.30. The van der Waals surface area contributed by atoms with Crippen molar-refractivity contribution in [1.29, 1.82) is 0 Å². The van der Waals surface area contributed by atoms with Gasteiger partial charge in [0.15, 0.2) is 5.78 Å². The third kappa shape index (κ3) is 4.50. The molecule has 1 saturated carbocycles. The molecule has 0 radical (unpaired) electrons. The first-order chi connectivity index (χ1) is 15.7. The van der Waals surface area contributed by atoms with Crippen LogP contribution in [0, 0.1) is 20.8 Å². The van der Waals surface area contributed by atoms with E-state index in [1.54, 1.807) is 11.0 Å². The van der Waals surface area contributed by atoms with Crippen molar-refractivity contribution in [3.05, 3.63) is 62.7 Å². The standard InChI is InChI=1S/C25H26ClN3O4/c1-13-8-14(2)23(15(3)22(13)26)28-25(33)27-11-16-4-5-17-12-29(24(32)19(17)9-16)20-7-6-18(30)10-21(20)31/h4-5,8-9,20H,6-7,10-12H2,1-3H3,(H2,27,28,33). The number of fused-ring (bicyclic) bond motifs is 1. The van der Waals surface area contributed by atoms with Gasteiger partial charge in [0.2, 0.25) is 0 Å². The predicted molar refractivity (Wildman–Crippen MR) is 125 cm³/mol. The molecule has 8 heteroatoms. The fraction of sp³-hybridized carbons (Fsp3) is 0.360. The minimum atomic E-state index is -0.539. The van der Waals surface area contributed by atoms with E-state index in [1.165, 1.54) is 0 Å². The Morgan fingerprint density at radius 2 is 1.88 bits per heavy atom. The molecule has 2 aromatic carbocycles. The number of urea groups is 1. The Morgan fingerprint density at radius 1 is 1.12 bits per heavy atom. The number of Topliss-reactive ketones (excluding diaryl/α,β-unsaturated/α-hetero) is 2. The molecule has 2 N–H and O–H groups in total. The number of rotatable bonds is 4. The van der Waals surface area contributed by atoms with Gasteiger partial charge in [-0.25, -0.2) is 4.79 Å². The molecule has 4 rings (SSSR count). The van der Waals surface area contributed by atoms with Gasteiger partial charge in [0, 0.05) is 35.8 Å². The molecule has 0 bridgehead atoms. The fourth-order valence-corrected chi connectivity index (χ4v) is 4.76. The van der Waals surface area contributed by atoms with Gasteiger partial charge in [0.1, 0.15) is 5.78 Å². The van der Waals surface area contributed by atoms with Crippen LogP contribution < -0.4 is 10.6 Å². The Labute approximate surface area is 197 Å². The van der Waals surface area contributed by atoms with E-state index in [2.05, 4.69) is 10.6 Å². The molecule has 1 aliphatic heterocycles. The van der Waals surface area contributed by atoms with Crippen LogP contribution in [-0.2, 0) is 22.7 Å². The maximum Gasteiger partial charge on any atom is 0.319 e. The Kier molecular flexibility index (Phi) is 6.26. The van der Waals surface area contributed by atoms with Crippen molar-refractivity contribution < 1.29 is 19.2 Å². The lowest BCUT2D eigenvalue weighted by Crippen LogP contribution is -2.44. The number of ketones is 2. The second-order valence-corrected chi connectivity index (χ2v) is 9.17. The zero-order chi connectivity index (χ0) is 23.9. The van der Waals surface area contributed by atoms with Gasteiger partial charge in [-0.15, -0.1) is 0 Å². The van der Waals surface area contributed by atoms with E-state index >= 15 is 0 Å². The van der Waals surface area contributed by atoms with E-state index in [1.807, 2.05) is 39.0 Å². The minimum absolute atomic E-state index is 0.0645. The summed E-state index contributed by atoms with van der Waals surface area (Å²) in [6, 6.07) is 6.50. The van der Waals surface area contributed by atoms with Gasteiger partial charge in [-0.1, -0.05) is 29.8 Å². The second kappa shape index (κ2) is 8.98. The van der Waals surface area contributed by atoms with Crippen LogP contribution in [0.25, 0.3) is 0 Å². The van der Waals surface area contributed by atoms with Crippen LogP contribution in [0.15, 0.2) is 24.3 Å². The van der Waals surface area contributed by atoms with Crippen molar-refractivity contribution in [2.24, 2.45) is 0 Å². The van der Waals surface area contributed by atoms with Gasteiger partial charge < -0.3 is 15.5 Å². The molecule has 33 heavy (non-hydrogen) atoms. The van der Waals surface area contributed by atoms with Gasteiger partial charge in [-0.2, -0.15) is 0 Å². The van der Waals surface area contributed by atoms with E-state index < -0.39 is 6.04 Å². The number of amides is 3. The van der Waals surface area contributed by atoms with Gasteiger partial charge >= 0.3 is 6.03 Å². The number of hydrogen-bond donors (Lipinski definition) is 2. The molecule has 1 unspecified atom stereocenters. The van der Waals surface area contributed by atoms with Crippen LogP contribution in [0.3, 0.4) is 0 Å². The lowest BCUT2D eigenvalue weighted by molar-refractivity contribution is -0.133. The predicted octanol–water partition coefficient (Wildman–Crippen LogP) is 4.23. The summed E-state index contributed by atoms with van der Waals surface area (Å²) in [5.74, 6) is -0.456. The molecule has 0 aromatic heterocycles. The summed E-state index contributed by atoms with van der Waals surface area (Å²) < 4.78 is 0. The summed E-state index contributed by atoms with van der Waals surface area (Å²) in [4.78, 5) is 50.8. The molecule has 0 saturated heterocycles. The number of hydrogen-bond acceptors (Lipinski definition) is 4. The quantitative estimate of drug-likeness (QED) is 0.657. The fourth-order valence-electron chi connectivity index (χ4n) is 4.62. The highest BCUT2D eigenvalue weighted by Gasteiger charge is 2.38. The van der Waals surface area contributed by atoms with E-state index in [9.17, 15) is 19.2 Å². The van der Waals surface area contributed by atoms with Crippen LogP contribution in [0.4, 0.5) is 10.5 Å². The first-order valence-corrected chi connectivity index (χ1v) is 11.3. The van der Waals surface area contributed by atoms with Crippen molar-refractivity contribution in [2.75, 3.05) is 5.32 Å². The van der Waals surface area contributed by atoms with Crippen molar-refractivity contribution in [3.63, 3.8) is 0 Å². The summed E-state index contributed by atoms with van der Waals surface area (Å²) in [6.45, 7) is 6.30. The average molecular weight is 468 g/mol. The third-order valence-electron chi connectivity index (χ3n) is 6.39. The molecule has 2 aliphatic rings. The molecule has 172 valence electrons. The Bertz CT molecular complexity index is 1190. The molecular weight excluding hydrogens is 442 g/mol. The Hall–Kier alpha value is -3.19. The highest BCUT2D eigenvalue weighted by atomic mass is 35.5. The van der Waals surface area contributed by atoms with Crippen molar-refractivity contribution in [3.8, 4) is 0 Å². The van der Waals surface area contributed by atoms with Crippen LogP contribution in [0.5, 0.6) is 0 Å². The number of aryl methyl sites for hydroxylation is 2.